The summed E-state index contributed by atoms with van der Waals surface area (Å²) in [6.07, 6.45) is 0. The third kappa shape index (κ3) is 3.89. The van der Waals surface area contributed by atoms with Crippen LogP contribution in [0.2, 0.25) is 0 Å². The van der Waals surface area contributed by atoms with Crippen LogP contribution in [0.4, 0.5) is 17.1 Å². The Balaban J connectivity index is 1.19. The van der Waals surface area contributed by atoms with E-state index in [-0.39, 0.29) is 0 Å². The first kappa shape index (κ1) is 24.7. The lowest BCUT2D eigenvalue weighted by Gasteiger charge is -2.26. The van der Waals surface area contributed by atoms with Crippen molar-refractivity contribution < 1.29 is 4.42 Å². The van der Waals surface area contributed by atoms with Gasteiger partial charge in [-0.05, 0) is 75.0 Å². The monoisotopic (exact) mass is 561 g/mol. The summed E-state index contributed by atoms with van der Waals surface area (Å²) in [4.78, 5) is 2.31. The van der Waals surface area contributed by atoms with Crippen LogP contribution in [-0.4, -0.2) is 0 Å². The van der Waals surface area contributed by atoms with E-state index in [0.29, 0.717) is 0 Å². The number of benzene rings is 8. The van der Waals surface area contributed by atoms with Crippen LogP contribution in [0, 0.1) is 0 Å². The molecule has 2 heteroatoms. The topological polar surface area (TPSA) is 16.4 Å². The maximum Gasteiger partial charge on any atom is 0.143 e. The molecule has 0 aliphatic rings. The molecule has 1 heterocycles. The van der Waals surface area contributed by atoms with E-state index in [1.54, 1.807) is 0 Å². The van der Waals surface area contributed by atoms with Crippen LogP contribution in [0.3, 0.4) is 0 Å². The van der Waals surface area contributed by atoms with Gasteiger partial charge in [0.15, 0.2) is 0 Å². The smallest absolute Gasteiger partial charge is 0.143 e. The SMILES string of the molecule is c1ccc(N(c2ccc(-c3cccc4c3oc3c4ccc4ccc5ccccc5c43)cc2)c2ccc3ccccc3c2)cc1. The van der Waals surface area contributed by atoms with Crippen LogP contribution in [0.1, 0.15) is 0 Å². The highest BCUT2D eigenvalue weighted by Crippen LogP contribution is 2.42. The Labute approximate surface area is 255 Å². The van der Waals surface area contributed by atoms with Crippen LogP contribution in [0.15, 0.2) is 168 Å². The zero-order chi connectivity index (χ0) is 29.0. The van der Waals surface area contributed by atoms with Crippen molar-refractivity contribution in [3.05, 3.63) is 164 Å². The van der Waals surface area contributed by atoms with Crippen molar-refractivity contribution in [1.29, 1.82) is 0 Å². The largest absolute Gasteiger partial charge is 0.455 e. The van der Waals surface area contributed by atoms with E-state index in [0.717, 1.165) is 50.1 Å². The standard InChI is InChI=1S/C42H27NO/c1-2-12-33(13-3-1)43(35-25-19-28-9-4-5-11-32(28)27-35)34-23-20-30(21-24-34)37-15-8-16-38-39-26-22-31-18-17-29-10-6-7-14-36(29)40(31)42(39)44-41(37)38/h1-27H. The van der Waals surface area contributed by atoms with Gasteiger partial charge in [-0.15, -0.1) is 0 Å². The van der Waals surface area contributed by atoms with E-state index < -0.39 is 0 Å². The number of furan rings is 1. The average molecular weight is 562 g/mol. The Morgan fingerprint density at radius 3 is 1.84 bits per heavy atom. The van der Waals surface area contributed by atoms with Gasteiger partial charge in [-0.3, -0.25) is 0 Å². The summed E-state index contributed by atoms with van der Waals surface area (Å²) in [5, 5.41) is 9.54. The lowest BCUT2D eigenvalue weighted by Crippen LogP contribution is -2.09. The molecule has 8 aromatic carbocycles. The van der Waals surface area contributed by atoms with Gasteiger partial charge < -0.3 is 9.32 Å². The minimum absolute atomic E-state index is 0.921. The number of hydrogen-bond acceptors (Lipinski definition) is 2. The maximum atomic E-state index is 6.81. The lowest BCUT2D eigenvalue weighted by molar-refractivity contribution is 0.674. The molecule has 0 fully saturated rings. The molecule has 206 valence electrons. The Morgan fingerprint density at radius 1 is 0.364 bits per heavy atom. The van der Waals surface area contributed by atoms with Gasteiger partial charge in [-0.2, -0.15) is 0 Å². The predicted molar refractivity (Wildman–Crippen MR) is 186 cm³/mol. The fourth-order valence-electron chi connectivity index (χ4n) is 6.70. The van der Waals surface area contributed by atoms with Gasteiger partial charge in [0, 0.05) is 38.8 Å². The van der Waals surface area contributed by atoms with E-state index >= 15 is 0 Å². The summed E-state index contributed by atoms with van der Waals surface area (Å²) in [5.74, 6) is 0. The molecule has 0 saturated heterocycles. The van der Waals surface area contributed by atoms with Gasteiger partial charge >= 0.3 is 0 Å². The molecule has 0 atom stereocenters. The molecule has 0 radical (unpaired) electrons. The quantitative estimate of drug-likeness (QED) is 0.199. The molecular weight excluding hydrogens is 534 g/mol. The van der Waals surface area contributed by atoms with Gasteiger partial charge in [0.1, 0.15) is 11.2 Å². The molecular formula is C42H27NO. The first-order chi connectivity index (χ1) is 21.8. The molecule has 0 aliphatic heterocycles. The van der Waals surface area contributed by atoms with Gasteiger partial charge in [-0.25, -0.2) is 0 Å². The summed E-state index contributed by atoms with van der Waals surface area (Å²) in [6.45, 7) is 0. The van der Waals surface area contributed by atoms with Crippen molar-refractivity contribution in [1.82, 2.24) is 0 Å². The van der Waals surface area contributed by atoms with Crippen LogP contribution < -0.4 is 4.90 Å². The van der Waals surface area contributed by atoms with Crippen LogP contribution in [0.25, 0.3) is 65.4 Å². The summed E-state index contributed by atoms with van der Waals surface area (Å²) in [6, 6.07) is 58.4. The molecule has 1 aromatic heterocycles. The molecule has 0 spiro atoms. The van der Waals surface area contributed by atoms with Gasteiger partial charge in [-0.1, -0.05) is 121 Å². The molecule has 9 aromatic rings. The second kappa shape index (κ2) is 9.86. The van der Waals surface area contributed by atoms with E-state index in [9.17, 15) is 0 Å². The second-order valence-corrected chi connectivity index (χ2v) is 11.4. The van der Waals surface area contributed by atoms with Gasteiger partial charge in [0.2, 0.25) is 0 Å². The van der Waals surface area contributed by atoms with Crippen molar-refractivity contribution >= 4 is 71.3 Å². The molecule has 44 heavy (non-hydrogen) atoms. The van der Waals surface area contributed by atoms with Crippen molar-refractivity contribution in [3.63, 3.8) is 0 Å². The second-order valence-electron chi connectivity index (χ2n) is 11.4. The molecule has 0 aliphatic carbocycles. The highest BCUT2D eigenvalue weighted by molar-refractivity contribution is 6.23. The highest BCUT2D eigenvalue weighted by atomic mass is 16.3. The Hall–Kier alpha value is -5.86. The van der Waals surface area contributed by atoms with E-state index in [2.05, 4.69) is 169 Å². The zero-order valence-corrected chi connectivity index (χ0v) is 23.9. The average Bonchev–Trinajstić information content (AvgIpc) is 3.48. The normalized spacial score (nSPS) is 11.6. The zero-order valence-electron chi connectivity index (χ0n) is 23.9. The third-order valence-corrected chi connectivity index (χ3v) is 8.81. The molecule has 0 bridgehead atoms. The lowest BCUT2D eigenvalue weighted by atomic mass is 9.98. The number of hydrogen-bond donors (Lipinski definition) is 0. The number of rotatable bonds is 4. The van der Waals surface area contributed by atoms with Crippen LogP contribution in [0.5, 0.6) is 0 Å². The maximum absolute atomic E-state index is 6.81. The number of anilines is 3. The Morgan fingerprint density at radius 2 is 0.977 bits per heavy atom. The first-order valence-electron chi connectivity index (χ1n) is 15.0. The molecule has 0 N–H and O–H groups in total. The molecule has 0 amide bonds. The minimum atomic E-state index is 0.921. The molecule has 2 nitrogen and oxygen atoms in total. The van der Waals surface area contributed by atoms with E-state index in [1.807, 2.05) is 0 Å². The number of nitrogens with zero attached hydrogens (tertiary/aromatic N) is 1. The summed E-state index contributed by atoms with van der Waals surface area (Å²) in [5.41, 5.74) is 7.43. The summed E-state index contributed by atoms with van der Waals surface area (Å²) >= 11 is 0. The summed E-state index contributed by atoms with van der Waals surface area (Å²) < 4.78 is 6.81. The molecule has 9 rings (SSSR count). The van der Waals surface area contributed by atoms with Gasteiger partial charge in [0.05, 0.1) is 0 Å². The highest BCUT2D eigenvalue weighted by Gasteiger charge is 2.17. The predicted octanol–water partition coefficient (Wildman–Crippen LogP) is 12.2. The van der Waals surface area contributed by atoms with Crippen LogP contribution >= 0.6 is 0 Å². The molecule has 0 saturated carbocycles. The molecule has 0 unspecified atom stereocenters. The Kier molecular flexibility index (Phi) is 5.54. The van der Waals surface area contributed by atoms with E-state index in [1.165, 1.54) is 32.3 Å². The van der Waals surface area contributed by atoms with Crippen molar-refractivity contribution in [2.45, 2.75) is 0 Å². The van der Waals surface area contributed by atoms with Crippen molar-refractivity contribution in [2.24, 2.45) is 0 Å². The minimum Gasteiger partial charge on any atom is -0.455 e. The Bertz CT molecular complexity index is 2490. The number of fused-ring (bicyclic) bond motifs is 8. The van der Waals surface area contributed by atoms with Crippen molar-refractivity contribution in [2.75, 3.05) is 4.90 Å². The van der Waals surface area contributed by atoms with Crippen molar-refractivity contribution in [3.8, 4) is 11.1 Å². The van der Waals surface area contributed by atoms with Crippen LogP contribution in [-0.2, 0) is 0 Å². The number of para-hydroxylation sites is 2. The third-order valence-electron chi connectivity index (χ3n) is 8.81. The first-order valence-corrected chi connectivity index (χ1v) is 15.0. The summed E-state index contributed by atoms with van der Waals surface area (Å²) in [7, 11) is 0. The van der Waals surface area contributed by atoms with Gasteiger partial charge in [0.25, 0.3) is 0 Å². The van der Waals surface area contributed by atoms with E-state index in [4.69, 9.17) is 4.42 Å². The fraction of sp³-hybridized carbons (Fsp3) is 0. The fourth-order valence-corrected chi connectivity index (χ4v) is 6.70.